The van der Waals surface area contributed by atoms with Gasteiger partial charge in [0, 0.05) is 6.61 Å². The minimum atomic E-state index is -0.0900. The maximum Gasteiger partial charge on any atom is 0.302 e. The molecule has 0 bridgehead atoms. The van der Waals surface area contributed by atoms with E-state index in [1.165, 1.54) is 15.7 Å². The van der Waals surface area contributed by atoms with Crippen LogP contribution in [0.25, 0.3) is 10.1 Å². The van der Waals surface area contributed by atoms with Gasteiger partial charge in [0.2, 0.25) is 0 Å². The van der Waals surface area contributed by atoms with Gasteiger partial charge < -0.3 is 9.94 Å². The Morgan fingerprint density at radius 2 is 2.06 bits per heavy atom. The van der Waals surface area contributed by atoms with Crippen LogP contribution in [-0.2, 0) is 0 Å². The average Bonchev–Trinajstić information content (AvgIpc) is 2.67. The smallest absolute Gasteiger partial charge is 0.302 e. The van der Waals surface area contributed by atoms with Crippen LogP contribution >= 0.6 is 11.5 Å². The van der Waals surface area contributed by atoms with E-state index in [4.69, 9.17) is 9.94 Å². The fourth-order valence-electron chi connectivity index (χ4n) is 1.58. The van der Waals surface area contributed by atoms with Crippen molar-refractivity contribution in [2.45, 2.75) is 19.3 Å². The van der Waals surface area contributed by atoms with Crippen LogP contribution in [0.15, 0.2) is 29.1 Å². The van der Waals surface area contributed by atoms with Crippen LogP contribution in [-0.4, -0.2) is 22.4 Å². The third kappa shape index (κ3) is 2.87. The highest BCUT2D eigenvalue weighted by Crippen LogP contribution is 2.14. The fourth-order valence-corrected chi connectivity index (χ4v) is 2.46. The van der Waals surface area contributed by atoms with E-state index in [2.05, 4.69) is 0 Å². The molecule has 0 atom stereocenters. The first-order valence-corrected chi connectivity index (χ1v) is 6.45. The summed E-state index contributed by atoms with van der Waals surface area (Å²) in [5.74, 6) is 0. The molecule has 0 aliphatic rings. The van der Waals surface area contributed by atoms with E-state index in [1.807, 2.05) is 18.2 Å². The van der Waals surface area contributed by atoms with Crippen LogP contribution in [0.1, 0.15) is 19.3 Å². The van der Waals surface area contributed by atoms with E-state index in [0.717, 1.165) is 24.0 Å². The predicted octanol–water partition coefficient (Wildman–Crippen LogP) is 1.65. The van der Waals surface area contributed by atoms with Crippen molar-refractivity contribution in [2.75, 3.05) is 13.2 Å². The third-order valence-corrected chi connectivity index (χ3v) is 3.47. The highest BCUT2D eigenvalue weighted by atomic mass is 32.1. The normalized spacial score (nSPS) is 10.9. The zero-order valence-electron chi connectivity index (χ0n) is 9.46. The molecule has 1 N–H and O–H groups in total. The summed E-state index contributed by atoms with van der Waals surface area (Å²) in [6.45, 7) is 0.718. The summed E-state index contributed by atoms with van der Waals surface area (Å²) in [6, 6.07) is 7.47. The third-order valence-electron chi connectivity index (χ3n) is 2.48. The molecule has 17 heavy (non-hydrogen) atoms. The zero-order valence-corrected chi connectivity index (χ0v) is 10.3. The Morgan fingerprint density at radius 1 is 1.24 bits per heavy atom. The van der Waals surface area contributed by atoms with E-state index in [1.54, 1.807) is 6.07 Å². The predicted molar refractivity (Wildman–Crippen MR) is 68.5 cm³/mol. The van der Waals surface area contributed by atoms with E-state index < -0.39 is 0 Å². The van der Waals surface area contributed by atoms with E-state index in [0.29, 0.717) is 12.0 Å². The highest BCUT2D eigenvalue weighted by Gasteiger charge is 2.06. The van der Waals surface area contributed by atoms with E-state index >= 15 is 0 Å². The monoisotopic (exact) mass is 253 g/mol. The minimum absolute atomic E-state index is 0.0900. The molecular weight excluding hydrogens is 238 g/mol. The molecule has 2 rings (SSSR count). The van der Waals surface area contributed by atoms with Crippen molar-refractivity contribution in [3.05, 3.63) is 34.6 Å². The Kier molecular flexibility index (Phi) is 4.17. The Labute approximate surface area is 103 Å². The number of fused-ring (bicyclic) bond motifs is 1. The summed E-state index contributed by atoms with van der Waals surface area (Å²) in [5.41, 5.74) is -0.0900. The molecule has 0 saturated carbocycles. The number of unbranched alkanes of at least 4 members (excludes halogenated alkanes) is 2. The van der Waals surface area contributed by atoms with Gasteiger partial charge in [-0.05, 0) is 42.9 Å². The second-order valence-electron chi connectivity index (χ2n) is 3.77. The van der Waals surface area contributed by atoms with Gasteiger partial charge in [-0.15, -0.1) is 0 Å². The lowest BCUT2D eigenvalue weighted by atomic mass is 10.2. The van der Waals surface area contributed by atoms with Crippen molar-refractivity contribution in [1.82, 2.24) is 4.12 Å². The van der Waals surface area contributed by atoms with Gasteiger partial charge in [-0.25, -0.2) is 0 Å². The number of aromatic nitrogens is 1. The van der Waals surface area contributed by atoms with Gasteiger partial charge in [-0.1, -0.05) is 16.3 Å². The Hall–Kier alpha value is -1.33. The molecule has 0 fully saturated rings. The lowest BCUT2D eigenvalue weighted by Crippen LogP contribution is -2.22. The summed E-state index contributed by atoms with van der Waals surface area (Å²) in [5, 5.41) is 9.33. The quantitative estimate of drug-likeness (QED) is 0.796. The van der Waals surface area contributed by atoms with E-state index in [-0.39, 0.29) is 12.2 Å². The number of hydrogen-bond acceptors (Lipinski definition) is 4. The molecule has 5 heteroatoms. The average molecular weight is 253 g/mol. The van der Waals surface area contributed by atoms with Crippen molar-refractivity contribution in [2.24, 2.45) is 0 Å². The van der Waals surface area contributed by atoms with Crippen molar-refractivity contribution in [3.8, 4) is 0 Å². The van der Waals surface area contributed by atoms with Crippen LogP contribution in [0.2, 0.25) is 0 Å². The molecule has 0 aliphatic heterocycles. The molecule has 0 saturated heterocycles. The summed E-state index contributed by atoms with van der Waals surface area (Å²) in [7, 11) is 0. The van der Waals surface area contributed by atoms with Crippen LogP contribution in [0.5, 0.6) is 0 Å². The lowest BCUT2D eigenvalue weighted by Gasteiger charge is -2.02. The van der Waals surface area contributed by atoms with Crippen molar-refractivity contribution in [1.29, 1.82) is 0 Å². The maximum absolute atomic E-state index is 11.9. The fraction of sp³-hybridized carbons (Fsp3) is 0.417. The van der Waals surface area contributed by atoms with Gasteiger partial charge in [-0.3, -0.25) is 4.79 Å². The number of aliphatic hydroxyl groups is 1. The van der Waals surface area contributed by atoms with Crippen LogP contribution < -0.4 is 10.4 Å². The van der Waals surface area contributed by atoms with Crippen molar-refractivity contribution in [3.63, 3.8) is 0 Å². The van der Waals surface area contributed by atoms with Gasteiger partial charge in [-0.2, -0.15) is 0 Å². The molecule has 0 amide bonds. The van der Waals surface area contributed by atoms with Gasteiger partial charge in [0.15, 0.2) is 0 Å². The first-order chi connectivity index (χ1) is 8.33. The summed E-state index contributed by atoms with van der Waals surface area (Å²) in [4.78, 5) is 17.3. The van der Waals surface area contributed by atoms with E-state index in [9.17, 15) is 4.79 Å². The number of hydrogen-bond donors (Lipinski definition) is 1. The molecule has 0 aliphatic carbocycles. The molecular formula is C12H15NO3S. The molecule has 92 valence electrons. The molecule has 1 aromatic heterocycles. The van der Waals surface area contributed by atoms with Gasteiger partial charge >= 0.3 is 5.56 Å². The van der Waals surface area contributed by atoms with Crippen LogP contribution in [0, 0.1) is 0 Å². The molecule has 0 spiro atoms. The Balaban J connectivity index is 1.99. The second kappa shape index (κ2) is 5.84. The molecule has 1 aromatic carbocycles. The zero-order chi connectivity index (χ0) is 12.1. The highest BCUT2D eigenvalue weighted by molar-refractivity contribution is 7.13. The van der Waals surface area contributed by atoms with Crippen molar-refractivity contribution < 1.29 is 9.94 Å². The molecule has 2 aromatic rings. The lowest BCUT2D eigenvalue weighted by molar-refractivity contribution is 0.123. The topological polar surface area (TPSA) is 51.5 Å². The molecule has 1 heterocycles. The van der Waals surface area contributed by atoms with Gasteiger partial charge in [0.05, 0.1) is 10.1 Å². The number of benzene rings is 1. The van der Waals surface area contributed by atoms with Gasteiger partial charge in [0.1, 0.15) is 6.61 Å². The summed E-state index contributed by atoms with van der Waals surface area (Å²) >= 11 is 1.32. The maximum atomic E-state index is 11.9. The molecule has 4 nitrogen and oxygen atoms in total. The number of rotatable bonds is 6. The minimum Gasteiger partial charge on any atom is -0.401 e. The summed E-state index contributed by atoms with van der Waals surface area (Å²) in [6.07, 6.45) is 2.54. The summed E-state index contributed by atoms with van der Waals surface area (Å²) < 4.78 is 2.27. The SMILES string of the molecule is O=c1c2ccccc2sn1OCCCCCO. The van der Waals surface area contributed by atoms with Crippen LogP contribution in [0.3, 0.4) is 0 Å². The van der Waals surface area contributed by atoms with Gasteiger partial charge in [0.25, 0.3) is 0 Å². The standard InChI is InChI=1S/C12H15NO3S/c14-8-4-1-5-9-16-13-12(15)10-6-2-3-7-11(10)17-13/h2-3,6-7,14H,1,4-5,8-9H2. The van der Waals surface area contributed by atoms with Crippen molar-refractivity contribution >= 4 is 21.6 Å². The molecule has 0 radical (unpaired) electrons. The van der Waals surface area contributed by atoms with Crippen LogP contribution in [0.4, 0.5) is 0 Å². The largest absolute Gasteiger partial charge is 0.401 e. The molecule has 0 unspecified atom stereocenters. The number of aliphatic hydroxyl groups excluding tert-OH is 1. The number of nitrogens with zero attached hydrogens (tertiary/aromatic N) is 1. The first kappa shape index (κ1) is 12.1. The second-order valence-corrected chi connectivity index (χ2v) is 4.72. The Morgan fingerprint density at radius 3 is 2.82 bits per heavy atom. The first-order valence-electron chi connectivity index (χ1n) is 5.68. The Bertz CT molecular complexity index is 532.